The number of nitrogens with one attached hydrogen (secondary N) is 1. The molecule has 100 valence electrons. The Kier molecular flexibility index (Phi) is 5.04. The molecule has 0 saturated carbocycles. The molecule has 0 aliphatic carbocycles. The summed E-state index contributed by atoms with van der Waals surface area (Å²) in [6.07, 6.45) is 4.38. The zero-order valence-corrected chi connectivity index (χ0v) is 10.6. The van der Waals surface area contributed by atoms with Crippen LogP contribution >= 0.6 is 0 Å². The SMILES string of the molecule is CCCNC(CC1OCCO1)c1cncc(F)c1. The van der Waals surface area contributed by atoms with Gasteiger partial charge in [0.05, 0.1) is 19.4 Å². The van der Waals surface area contributed by atoms with Crippen molar-refractivity contribution in [3.05, 3.63) is 29.8 Å². The summed E-state index contributed by atoms with van der Waals surface area (Å²) in [4.78, 5) is 3.89. The van der Waals surface area contributed by atoms with Crippen LogP contribution in [0.2, 0.25) is 0 Å². The summed E-state index contributed by atoms with van der Waals surface area (Å²) in [5.41, 5.74) is 0.836. The van der Waals surface area contributed by atoms with Gasteiger partial charge in [-0.15, -0.1) is 0 Å². The van der Waals surface area contributed by atoms with Gasteiger partial charge >= 0.3 is 0 Å². The number of pyridine rings is 1. The van der Waals surface area contributed by atoms with Gasteiger partial charge < -0.3 is 14.8 Å². The van der Waals surface area contributed by atoms with E-state index in [4.69, 9.17) is 9.47 Å². The predicted octanol–water partition coefficient (Wildman–Crippen LogP) is 2.02. The van der Waals surface area contributed by atoms with Crippen LogP contribution in [0.4, 0.5) is 4.39 Å². The standard InChI is InChI=1S/C13H19FN2O2/c1-2-3-16-12(7-13-17-4-5-18-13)10-6-11(14)9-15-8-10/h6,8-9,12-13,16H,2-5,7H2,1H3. The van der Waals surface area contributed by atoms with Gasteiger partial charge in [-0.05, 0) is 24.6 Å². The Morgan fingerprint density at radius 2 is 2.22 bits per heavy atom. The minimum Gasteiger partial charge on any atom is -0.350 e. The second-order valence-corrected chi connectivity index (χ2v) is 4.35. The molecule has 0 radical (unpaired) electrons. The second kappa shape index (κ2) is 6.78. The third kappa shape index (κ3) is 3.73. The van der Waals surface area contributed by atoms with Gasteiger partial charge in [-0.25, -0.2) is 4.39 Å². The molecule has 4 nitrogen and oxygen atoms in total. The summed E-state index contributed by atoms with van der Waals surface area (Å²) >= 11 is 0. The minimum absolute atomic E-state index is 0.0104. The molecule has 0 spiro atoms. The second-order valence-electron chi connectivity index (χ2n) is 4.35. The van der Waals surface area contributed by atoms with Crippen LogP contribution in [0.25, 0.3) is 0 Å². The summed E-state index contributed by atoms with van der Waals surface area (Å²) in [5, 5.41) is 3.37. The molecule has 1 N–H and O–H groups in total. The van der Waals surface area contributed by atoms with Crippen molar-refractivity contribution >= 4 is 0 Å². The summed E-state index contributed by atoms with van der Waals surface area (Å²) in [6, 6.07) is 1.52. The van der Waals surface area contributed by atoms with E-state index in [9.17, 15) is 4.39 Å². The fourth-order valence-corrected chi connectivity index (χ4v) is 2.01. The summed E-state index contributed by atoms with van der Waals surface area (Å²) < 4.78 is 24.1. The van der Waals surface area contributed by atoms with Crippen LogP contribution in [0.5, 0.6) is 0 Å². The van der Waals surface area contributed by atoms with E-state index in [2.05, 4.69) is 17.2 Å². The van der Waals surface area contributed by atoms with Gasteiger partial charge in [-0.2, -0.15) is 0 Å². The van der Waals surface area contributed by atoms with E-state index in [0.29, 0.717) is 19.6 Å². The van der Waals surface area contributed by atoms with Crippen LogP contribution in [-0.4, -0.2) is 31.0 Å². The topological polar surface area (TPSA) is 43.4 Å². The van der Waals surface area contributed by atoms with Gasteiger partial charge in [0, 0.05) is 18.7 Å². The van der Waals surface area contributed by atoms with Crippen molar-refractivity contribution in [3.8, 4) is 0 Å². The number of nitrogens with zero attached hydrogens (tertiary/aromatic N) is 1. The first-order chi connectivity index (χ1) is 8.79. The highest BCUT2D eigenvalue weighted by Gasteiger charge is 2.22. The van der Waals surface area contributed by atoms with Gasteiger partial charge in [-0.1, -0.05) is 6.92 Å². The van der Waals surface area contributed by atoms with Crippen molar-refractivity contribution in [2.75, 3.05) is 19.8 Å². The van der Waals surface area contributed by atoms with E-state index in [0.717, 1.165) is 18.5 Å². The average molecular weight is 254 g/mol. The monoisotopic (exact) mass is 254 g/mol. The zero-order valence-electron chi connectivity index (χ0n) is 10.6. The summed E-state index contributed by atoms with van der Waals surface area (Å²) in [7, 11) is 0. The van der Waals surface area contributed by atoms with E-state index in [1.807, 2.05) is 0 Å². The molecule has 1 saturated heterocycles. The van der Waals surface area contributed by atoms with Crippen LogP contribution < -0.4 is 5.32 Å². The van der Waals surface area contributed by atoms with Crippen LogP contribution in [0, 0.1) is 5.82 Å². The Morgan fingerprint density at radius 3 is 2.89 bits per heavy atom. The van der Waals surface area contributed by atoms with Gasteiger partial charge in [0.2, 0.25) is 0 Å². The van der Waals surface area contributed by atoms with E-state index in [-0.39, 0.29) is 18.1 Å². The highest BCUT2D eigenvalue weighted by molar-refractivity contribution is 5.15. The Hall–Kier alpha value is -1.04. The van der Waals surface area contributed by atoms with Gasteiger partial charge in [0.1, 0.15) is 5.82 Å². The summed E-state index contributed by atoms with van der Waals surface area (Å²) in [5.74, 6) is -0.316. The Labute approximate surface area is 107 Å². The van der Waals surface area contributed by atoms with Crippen molar-refractivity contribution < 1.29 is 13.9 Å². The van der Waals surface area contributed by atoms with E-state index < -0.39 is 0 Å². The van der Waals surface area contributed by atoms with Crippen molar-refractivity contribution in [3.63, 3.8) is 0 Å². The van der Waals surface area contributed by atoms with Crippen LogP contribution in [0.1, 0.15) is 31.4 Å². The van der Waals surface area contributed by atoms with Crippen molar-refractivity contribution in [2.45, 2.75) is 32.1 Å². The molecule has 1 aromatic heterocycles. The Morgan fingerprint density at radius 1 is 1.44 bits per heavy atom. The van der Waals surface area contributed by atoms with Crippen LogP contribution in [0.15, 0.2) is 18.5 Å². The number of hydrogen-bond donors (Lipinski definition) is 1. The number of hydrogen-bond acceptors (Lipinski definition) is 4. The fourth-order valence-electron chi connectivity index (χ4n) is 2.01. The van der Waals surface area contributed by atoms with Crippen molar-refractivity contribution in [2.24, 2.45) is 0 Å². The molecule has 2 heterocycles. The maximum atomic E-state index is 13.2. The van der Waals surface area contributed by atoms with E-state index in [1.165, 1.54) is 12.3 Å². The zero-order chi connectivity index (χ0) is 12.8. The summed E-state index contributed by atoms with van der Waals surface area (Å²) in [6.45, 7) is 4.23. The minimum atomic E-state index is -0.316. The number of halogens is 1. The molecular formula is C13H19FN2O2. The normalized spacial score (nSPS) is 18.1. The lowest BCUT2D eigenvalue weighted by molar-refractivity contribution is -0.0530. The van der Waals surface area contributed by atoms with Crippen molar-refractivity contribution in [1.29, 1.82) is 0 Å². The molecule has 1 aromatic rings. The molecular weight excluding hydrogens is 235 g/mol. The first-order valence-corrected chi connectivity index (χ1v) is 6.36. The molecule has 2 rings (SSSR count). The first-order valence-electron chi connectivity index (χ1n) is 6.36. The molecule has 1 aliphatic heterocycles. The van der Waals surface area contributed by atoms with Crippen molar-refractivity contribution in [1.82, 2.24) is 10.3 Å². The Balaban J connectivity index is 2.03. The highest BCUT2D eigenvalue weighted by Crippen LogP contribution is 2.22. The lowest BCUT2D eigenvalue weighted by atomic mass is 10.1. The predicted molar refractivity (Wildman–Crippen MR) is 65.5 cm³/mol. The first kappa shape index (κ1) is 13.4. The molecule has 0 amide bonds. The molecule has 1 atom stereocenters. The highest BCUT2D eigenvalue weighted by atomic mass is 19.1. The van der Waals surface area contributed by atoms with Crippen LogP contribution in [0.3, 0.4) is 0 Å². The lowest BCUT2D eigenvalue weighted by Crippen LogP contribution is -2.27. The fraction of sp³-hybridized carbons (Fsp3) is 0.615. The third-order valence-electron chi connectivity index (χ3n) is 2.89. The maximum absolute atomic E-state index is 13.2. The van der Waals surface area contributed by atoms with E-state index >= 15 is 0 Å². The van der Waals surface area contributed by atoms with Gasteiger partial charge in [-0.3, -0.25) is 4.98 Å². The molecule has 0 bridgehead atoms. The molecule has 18 heavy (non-hydrogen) atoms. The molecule has 0 aromatic carbocycles. The Bertz CT molecular complexity index is 370. The van der Waals surface area contributed by atoms with Crippen LogP contribution in [-0.2, 0) is 9.47 Å². The number of ether oxygens (including phenoxy) is 2. The van der Waals surface area contributed by atoms with E-state index in [1.54, 1.807) is 6.20 Å². The largest absolute Gasteiger partial charge is 0.350 e. The average Bonchev–Trinajstić information content (AvgIpc) is 2.87. The van der Waals surface area contributed by atoms with Gasteiger partial charge in [0.25, 0.3) is 0 Å². The quantitative estimate of drug-likeness (QED) is 0.843. The molecule has 1 fully saturated rings. The molecule has 1 aliphatic rings. The smallest absolute Gasteiger partial charge is 0.159 e. The molecule has 5 heteroatoms. The molecule has 1 unspecified atom stereocenters. The number of aromatic nitrogens is 1. The third-order valence-corrected chi connectivity index (χ3v) is 2.89. The lowest BCUT2D eigenvalue weighted by Gasteiger charge is -2.21. The van der Waals surface area contributed by atoms with Gasteiger partial charge in [0.15, 0.2) is 6.29 Å². The number of rotatable bonds is 6. The maximum Gasteiger partial charge on any atom is 0.159 e.